The van der Waals surface area contributed by atoms with Crippen LogP contribution in [0.1, 0.15) is 34.8 Å². The fraction of sp³-hybridized carbons (Fsp3) is 0.360. The van der Waals surface area contributed by atoms with Gasteiger partial charge in [0.2, 0.25) is 0 Å². The third-order valence-corrected chi connectivity index (χ3v) is 5.31. The van der Waals surface area contributed by atoms with E-state index in [1.807, 2.05) is 43.3 Å². The summed E-state index contributed by atoms with van der Waals surface area (Å²) in [5.41, 5.74) is 4.68. The number of benzene rings is 2. The molecule has 3 rings (SSSR count). The molecule has 34 heavy (non-hydrogen) atoms. The Morgan fingerprint density at radius 2 is 1.82 bits per heavy atom. The largest absolute Gasteiger partial charge is 0.493 e. The summed E-state index contributed by atoms with van der Waals surface area (Å²) in [7, 11) is 7.14. The molecule has 0 radical (unpaired) electrons. The molecule has 0 bridgehead atoms. The minimum Gasteiger partial charge on any atom is -0.493 e. The molecule has 0 aromatic heterocycles. The van der Waals surface area contributed by atoms with Gasteiger partial charge in [-0.3, -0.25) is 4.79 Å². The van der Waals surface area contributed by atoms with Crippen LogP contribution in [0.15, 0.2) is 54.7 Å². The molecule has 0 saturated heterocycles. The number of carbonyl (C=O) groups excluding carboxylic acids is 2. The standard InChI is InChI=1S/C25H32N4O5/c1-28(2)15-6-14-26-25(31)34-20-11-8-18(9-12-20)24(30)29-16-5-7-21(27-29)19-10-13-22(32-3)23(17-19)33-4/h5,8-13,16-17,21,27H,6-7,14-15H2,1-4H3,(H,26,31). The first-order valence-corrected chi connectivity index (χ1v) is 11.1. The minimum absolute atomic E-state index is 0.104. The number of hydrazine groups is 1. The first-order valence-electron chi connectivity index (χ1n) is 11.1. The molecule has 1 atom stereocenters. The zero-order chi connectivity index (χ0) is 24.5. The number of methoxy groups -OCH3 is 2. The van der Waals surface area contributed by atoms with E-state index in [0.717, 1.165) is 24.9 Å². The molecule has 0 aliphatic carbocycles. The Balaban J connectivity index is 1.57. The highest BCUT2D eigenvalue weighted by Crippen LogP contribution is 2.32. The number of hydrogen-bond donors (Lipinski definition) is 2. The summed E-state index contributed by atoms with van der Waals surface area (Å²) >= 11 is 0. The number of nitrogens with one attached hydrogen (secondary N) is 2. The van der Waals surface area contributed by atoms with Gasteiger partial charge in [0.1, 0.15) is 5.75 Å². The van der Waals surface area contributed by atoms with Gasteiger partial charge in [0.15, 0.2) is 11.5 Å². The van der Waals surface area contributed by atoms with E-state index < -0.39 is 6.09 Å². The van der Waals surface area contributed by atoms with Crippen molar-refractivity contribution in [2.24, 2.45) is 0 Å². The fourth-order valence-electron chi connectivity index (χ4n) is 3.51. The van der Waals surface area contributed by atoms with Gasteiger partial charge in [-0.25, -0.2) is 15.2 Å². The molecule has 1 aliphatic rings. The molecule has 2 aromatic carbocycles. The number of nitrogens with zero attached hydrogens (tertiary/aromatic N) is 2. The fourth-order valence-corrected chi connectivity index (χ4v) is 3.51. The van der Waals surface area contributed by atoms with Gasteiger partial charge in [-0.05, 0) is 75.4 Å². The Morgan fingerprint density at radius 1 is 1.09 bits per heavy atom. The molecule has 0 spiro atoms. The maximum absolute atomic E-state index is 13.0. The van der Waals surface area contributed by atoms with Crippen molar-refractivity contribution in [1.29, 1.82) is 0 Å². The molecule has 1 unspecified atom stereocenters. The molecule has 2 N–H and O–H groups in total. The van der Waals surface area contributed by atoms with Gasteiger partial charge in [-0.2, -0.15) is 0 Å². The maximum Gasteiger partial charge on any atom is 0.412 e. The van der Waals surface area contributed by atoms with Crippen LogP contribution in [0.5, 0.6) is 17.2 Å². The van der Waals surface area contributed by atoms with Crippen molar-refractivity contribution < 1.29 is 23.8 Å². The zero-order valence-electron chi connectivity index (χ0n) is 20.0. The normalized spacial score (nSPS) is 15.2. The van der Waals surface area contributed by atoms with Crippen LogP contribution in [-0.2, 0) is 0 Å². The highest BCUT2D eigenvalue weighted by Gasteiger charge is 2.23. The molecule has 0 fully saturated rings. The molecular formula is C25H32N4O5. The number of ether oxygens (including phenoxy) is 3. The van der Waals surface area contributed by atoms with Crippen molar-refractivity contribution in [2.75, 3.05) is 41.4 Å². The van der Waals surface area contributed by atoms with E-state index in [9.17, 15) is 9.59 Å². The first-order chi connectivity index (χ1) is 16.4. The minimum atomic E-state index is -0.517. The Kier molecular flexibility index (Phi) is 8.89. The van der Waals surface area contributed by atoms with Gasteiger partial charge in [-0.15, -0.1) is 0 Å². The summed E-state index contributed by atoms with van der Waals surface area (Å²) in [6, 6.07) is 12.1. The van der Waals surface area contributed by atoms with E-state index in [1.165, 1.54) is 5.01 Å². The van der Waals surface area contributed by atoms with Crippen molar-refractivity contribution in [2.45, 2.75) is 18.9 Å². The predicted molar refractivity (Wildman–Crippen MR) is 129 cm³/mol. The Hall–Kier alpha value is -3.56. The third-order valence-electron chi connectivity index (χ3n) is 5.31. The van der Waals surface area contributed by atoms with Gasteiger partial charge in [0, 0.05) is 18.3 Å². The second-order valence-corrected chi connectivity index (χ2v) is 8.09. The van der Waals surface area contributed by atoms with Gasteiger partial charge in [0.25, 0.3) is 5.91 Å². The third kappa shape index (κ3) is 6.72. The lowest BCUT2D eigenvalue weighted by molar-refractivity contribution is 0.0713. The molecule has 2 aromatic rings. The van der Waals surface area contributed by atoms with Crippen LogP contribution in [0.25, 0.3) is 0 Å². The predicted octanol–water partition coefficient (Wildman–Crippen LogP) is 3.35. The highest BCUT2D eigenvalue weighted by molar-refractivity contribution is 5.94. The number of rotatable bonds is 9. The van der Waals surface area contributed by atoms with E-state index in [-0.39, 0.29) is 11.9 Å². The number of hydrogen-bond acceptors (Lipinski definition) is 7. The summed E-state index contributed by atoms with van der Waals surface area (Å²) in [6.45, 7) is 1.41. The van der Waals surface area contributed by atoms with Crippen LogP contribution in [0.2, 0.25) is 0 Å². The van der Waals surface area contributed by atoms with Gasteiger partial charge in [0.05, 0.1) is 20.3 Å². The van der Waals surface area contributed by atoms with Crippen LogP contribution in [0.3, 0.4) is 0 Å². The average Bonchev–Trinajstić information content (AvgIpc) is 2.86. The number of carbonyl (C=O) groups is 2. The van der Waals surface area contributed by atoms with Gasteiger partial charge in [-0.1, -0.05) is 12.1 Å². The maximum atomic E-state index is 13.0. The van der Waals surface area contributed by atoms with E-state index in [0.29, 0.717) is 29.4 Å². The molecule has 9 nitrogen and oxygen atoms in total. The second kappa shape index (κ2) is 12.1. The Bertz CT molecular complexity index is 1010. The summed E-state index contributed by atoms with van der Waals surface area (Å²) in [5, 5.41) is 4.17. The molecule has 1 aliphatic heterocycles. The van der Waals surface area contributed by atoms with E-state index in [2.05, 4.69) is 10.7 Å². The molecule has 0 saturated carbocycles. The number of amides is 2. The van der Waals surface area contributed by atoms with Crippen LogP contribution in [0, 0.1) is 0 Å². The topological polar surface area (TPSA) is 92.4 Å². The summed E-state index contributed by atoms with van der Waals surface area (Å²) in [5.74, 6) is 1.43. The van der Waals surface area contributed by atoms with Gasteiger partial charge >= 0.3 is 6.09 Å². The molecule has 2 amide bonds. The smallest absolute Gasteiger partial charge is 0.412 e. The SMILES string of the molecule is COc1ccc(C2CC=CN(C(=O)c3ccc(OC(=O)NCCCN(C)C)cc3)N2)cc1OC. The van der Waals surface area contributed by atoms with Crippen LogP contribution in [-0.4, -0.2) is 63.3 Å². The molecule has 182 valence electrons. The van der Waals surface area contributed by atoms with Crippen LogP contribution < -0.4 is 25.0 Å². The van der Waals surface area contributed by atoms with E-state index in [4.69, 9.17) is 14.2 Å². The molecular weight excluding hydrogens is 436 g/mol. The monoisotopic (exact) mass is 468 g/mol. The lowest BCUT2D eigenvalue weighted by Crippen LogP contribution is -2.43. The van der Waals surface area contributed by atoms with Crippen LogP contribution >= 0.6 is 0 Å². The van der Waals surface area contributed by atoms with E-state index in [1.54, 1.807) is 44.7 Å². The first kappa shape index (κ1) is 25.1. The van der Waals surface area contributed by atoms with Gasteiger partial charge < -0.3 is 24.4 Å². The van der Waals surface area contributed by atoms with Crippen molar-refractivity contribution in [3.8, 4) is 17.2 Å². The summed E-state index contributed by atoms with van der Waals surface area (Å²) in [4.78, 5) is 27.0. The van der Waals surface area contributed by atoms with Crippen LogP contribution in [0.4, 0.5) is 4.79 Å². The van der Waals surface area contributed by atoms with Crippen molar-refractivity contribution in [3.05, 3.63) is 65.9 Å². The Labute approximate surface area is 200 Å². The second-order valence-electron chi connectivity index (χ2n) is 8.09. The summed E-state index contributed by atoms with van der Waals surface area (Å²) < 4.78 is 16.0. The average molecular weight is 469 g/mol. The van der Waals surface area contributed by atoms with Crippen molar-refractivity contribution in [3.63, 3.8) is 0 Å². The quantitative estimate of drug-likeness (QED) is 0.545. The molecule has 9 heteroatoms. The zero-order valence-corrected chi connectivity index (χ0v) is 20.0. The molecule has 1 heterocycles. The highest BCUT2D eigenvalue weighted by atomic mass is 16.6. The van der Waals surface area contributed by atoms with E-state index >= 15 is 0 Å². The Morgan fingerprint density at radius 3 is 2.50 bits per heavy atom. The van der Waals surface area contributed by atoms with Crippen molar-refractivity contribution in [1.82, 2.24) is 20.7 Å². The summed E-state index contributed by atoms with van der Waals surface area (Å²) in [6.07, 6.45) is 4.68. The lowest BCUT2D eigenvalue weighted by Gasteiger charge is -2.30. The van der Waals surface area contributed by atoms with Crippen molar-refractivity contribution >= 4 is 12.0 Å². The lowest BCUT2D eigenvalue weighted by atomic mass is 10.0.